The molecule has 0 amide bonds. The molecule has 254 valence electrons. The van der Waals surface area contributed by atoms with Crippen LogP contribution in [0.1, 0.15) is 70.8 Å². The number of aliphatic hydroxyl groups is 6. The van der Waals surface area contributed by atoms with Crippen molar-refractivity contribution in [2.24, 2.45) is 0 Å². The Labute approximate surface area is 277 Å². The van der Waals surface area contributed by atoms with Crippen LogP contribution in [0, 0.1) is 13.8 Å². The molecule has 1 fully saturated rings. The molecule has 4 aromatic carbocycles. The summed E-state index contributed by atoms with van der Waals surface area (Å²) in [6.07, 6.45) is -9.19. The van der Waals surface area contributed by atoms with Crippen molar-refractivity contribution < 1.29 is 65.4 Å². The summed E-state index contributed by atoms with van der Waals surface area (Å²) in [6, 6.07) is 11.4. The van der Waals surface area contributed by atoms with Crippen molar-refractivity contribution in [1.82, 2.24) is 0 Å². The van der Waals surface area contributed by atoms with Gasteiger partial charge in [0.05, 0.1) is 28.9 Å². The number of hydrogen-bond acceptors (Lipinski definition) is 13. The summed E-state index contributed by atoms with van der Waals surface area (Å²) in [6.45, 7) is 2.29. The van der Waals surface area contributed by atoms with Crippen molar-refractivity contribution in [3.05, 3.63) is 116 Å². The van der Waals surface area contributed by atoms with E-state index in [0.717, 1.165) is 12.1 Å². The molecule has 1 saturated heterocycles. The fraction of sp³-hybridized carbons (Fsp3) is 0.278. The molecule has 0 radical (unpaired) electrons. The van der Waals surface area contributed by atoms with Gasteiger partial charge in [-0.3, -0.25) is 9.59 Å². The summed E-state index contributed by atoms with van der Waals surface area (Å²) in [5.74, 6) is -4.45. The lowest BCUT2D eigenvalue weighted by molar-refractivity contribution is -0.265. The Morgan fingerprint density at radius 2 is 1.18 bits per heavy atom. The number of rotatable bonds is 3. The van der Waals surface area contributed by atoms with E-state index in [-0.39, 0.29) is 33.4 Å². The van der Waals surface area contributed by atoms with E-state index in [9.17, 15) is 60.7 Å². The Kier molecular flexibility index (Phi) is 7.22. The molecule has 13 nitrogen and oxygen atoms in total. The normalized spacial score (nSPS) is 28.8. The number of carbonyl (C=O) groups excluding carboxylic acids is 2. The van der Waals surface area contributed by atoms with Crippen molar-refractivity contribution in [3.8, 4) is 23.0 Å². The van der Waals surface area contributed by atoms with E-state index >= 15 is 0 Å². The smallest absolute Gasteiger partial charge is 0.201 e. The zero-order chi connectivity index (χ0) is 35.5. The van der Waals surface area contributed by atoms with Crippen LogP contribution in [0.25, 0.3) is 0 Å². The van der Waals surface area contributed by atoms with Gasteiger partial charge >= 0.3 is 0 Å². The lowest BCUT2D eigenvalue weighted by Gasteiger charge is -2.49. The number of hydrogen-bond donors (Lipinski definition) is 10. The molecule has 0 unspecified atom stereocenters. The maximum Gasteiger partial charge on any atom is 0.201 e. The number of carbonyl (C=O) groups is 2. The highest BCUT2D eigenvalue weighted by molar-refractivity contribution is 6.18. The van der Waals surface area contributed by atoms with E-state index < -0.39 is 99.6 Å². The average Bonchev–Trinajstić information content (AvgIpc) is 3.04. The number of aromatic hydroxyl groups is 4. The van der Waals surface area contributed by atoms with Crippen LogP contribution in [0.4, 0.5) is 0 Å². The number of benzene rings is 4. The fourth-order valence-electron chi connectivity index (χ4n) is 7.69. The first-order valence-corrected chi connectivity index (χ1v) is 15.3. The summed E-state index contributed by atoms with van der Waals surface area (Å²) >= 11 is 0. The van der Waals surface area contributed by atoms with Gasteiger partial charge in [0.2, 0.25) is 11.6 Å². The summed E-state index contributed by atoms with van der Waals surface area (Å²) in [7, 11) is 0. The van der Waals surface area contributed by atoms with Crippen LogP contribution >= 0.6 is 0 Å². The van der Waals surface area contributed by atoms with E-state index in [1.165, 1.54) is 42.5 Å². The molecule has 7 atom stereocenters. The zero-order valence-electron chi connectivity index (χ0n) is 26.0. The molecule has 3 aliphatic rings. The molecule has 1 aliphatic heterocycles. The van der Waals surface area contributed by atoms with Crippen LogP contribution in [-0.4, -0.2) is 99.8 Å². The first kappa shape index (κ1) is 32.7. The van der Waals surface area contributed by atoms with Crippen molar-refractivity contribution in [2.75, 3.05) is 6.61 Å². The summed E-state index contributed by atoms with van der Waals surface area (Å²) in [5, 5.41) is 113. The third kappa shape index (κ3) is 4.18. The molecular formula is C36H32O13. The van der Waals surface area contributed by atoms with Crippen molar-refractivity contribution in [2.45, 2.75) is 55.6 Å². The van der Waals surface area contributed by atoms with Crippen LogP contribution in [0.2, 0.25) is 0 Å². The molecule has 0 bridgehead atoms. The highest BCUT2D eigenvalue weighted by atomic mass is 16.6. The number of aliphatic hydroxyl groups excluding tert-OH is 4. The standard InChI is InChI=1S/C36H32O13/c1-13-8-18-25(21(39)10-13)30(43)24-15(4-3-5-20(24)38)35(18,47)17-7-6-16-27(28(17)41)31(44)26-19(9-14(2)11-22(26)40)36(16,48)34-33(46)32(45)29(42)23(12-37)49-34/h3-11,23,29,32-34,37-42,45-48H,12H2,1-2H3/t23-,29-,32+,33+,34-,35+,36+/m0/s1. The van der Waals surface area contributed by atoms with Gasteiger partial charge in [-0.15, -0.1) is 0 Å². The topological polar surface area (TPSA) is 246 Å². The maximum absolute atomic E-state index is 14.3. The molecule has 7 rings (SSSR count). The van der Waals surface area contributed by atoms with E-state index in [4.69, 9.17) is 4.74 Å². The molecule has 0 spiro atoms. The van der Waals surface area contributed by atoms with Crippen molar-refractivity contribution >= 4 is 11.6 Å². The average molecular weight is 673 g/mol. The highest BCUT2D eigenvalue weighted by Gasteiger charge is 2.59. The molecule has 49 heavy (non-hydrogen) atoms. The molecule has 2 aliphatic carbocycles. The molecule has 13 heteroatoms. The largest absolute Gasteiger partial charge is 0.507 e. The van der Waals surface area contributed by atoms with Crippen LogP contribution in [0.5, 0.6) is 23.0 Å². The third-order valence-electron chi connectivity index (χ3n) is 9.95. The number of fused-ring (bicyclic) bond motifs is 4. The predicted molar refractivity (Wildman–Crippen MR) is 168 cm³/mol. The monoisotopic (exact) mass is 672 g/mol. The second-order valence-corrected chi connectivity index (χ2v) is 12.9. The molecule has 0 aromatic heterocycles. The van der Waals surface area contributed by atoms with E-state index in [1.54, 1.807) is 13.8 Å². The van der Waals surface area contributed by atoms with E-state index in [1.807, 2.05) is 0 Å². The lowest BCUT2D eigenvalue weighted by atomic mass is 9.65. The quantitative estimate of drug-likeness (QED) is 0.143. The number of aryl methyl sites for hydroxylation is 2. The number of ketones is 2. The molecule has 0 saturated carbocycles. The lowest BCUT2D eigenvalue weighted by Crippen LogP contribution is -2.65. The van der Waals surface area contributed by atoms with Gasteiger partial charge in [-0.2, -0.15) is 0 Å². The third-order valence-corrected chi connectivity index (χ3v) is 9.95. The van der Waals surface area contributed by atoms with Gasteiger partial charge in [0, 0.05) is 27.8 Å². The minimum atomic E-state index is -2.65. The second kappa shape index (κ2) is 10.8. The SMILES string of the molecule is Cc1cc(O)c2c(c1)[C@](O)(c1ccc3c(c1O)C(=O)c1c(O)cc(C)cc1[C@@]3(O)[C@H]1O[C@@H](CO)[C@H](O)[C@@H](O)[C@H]1O)c1cccc(O)c1C2=O. The summed E-state index contributed by atoms with van der Waals surface area (Å²) in [5.41, 5.74) is -7.79. The van der Waals surface area contributed by atoms with Crippen LogP contribution in [0.3, 0.4) is 0 Å². The Morgan fingerprint density at radius 1 is 0.633 bits per heavy atom. The molecule has 10 N–H and O–H groups in total. The van der Waals surface area contributed by atoms with Gasteiger partial charge in [0.25, 0.3) is 0 Å². The van der Waals surface area contributed by atoms with Crippen LogP contribution in [0.15, 0.2) is 54.6 Å². The van der Waals surface area contributed by atoms with Crippen LogP contribution < -0.4 is 0 Å². The Bertz CT molecular complexity index is 2110. The van der Waals surface area contributed by atoms with Gasteiger partial charge in [-0.25, -0.2) is 0 Å². The first-order valence-electron chi connectivity index (χ1n) is 15.3. The Balaban J connectivity index is 1.56. The summed E-state index contributed by atoms with van der Waals surface area (Å²) in [4.78, 5) is 28.0. The number of phenols is 4. The van der Waals surface area contributed by atoms with Gasteiger partial charge in [0.15, 0.2) is 0 Å². The number of phenolic OH excluding ortho intramolecular Hbond substituents is 4. The molecule has 1 heterocycles. The first-order chi connectivity index (χ1) is 23.1. The van der Waals surface area contributed by atoms with Gasteiger partial charge < -0.3 is 55.8 Å². The van der Waals surface area contributed by atoms with Gasteiger partial charge in [-0.05, 0) is 43.2 Å². The fourth-order valence-corrected chi connectivity index (χ4v) is 7.69. The minimum Gasteiger partial charge on any atom is -0.507 e. The molecular weight excluding hydrogens is 640 g/mol. The zero-order valence-corrected chi connectivity index (χ0v) is 26.0. The van der Waals surface area contributed by atoms with Gasteiger partial charge in [0.1, 0.15) is 64.7 Å². The maximum atomic E-state index is 14.3. The highest BCUT2D eigenvalue weighted by Crippen LogP contribution is 2.55. The Hall–Kier alpha value is -4.86. The number of ether oxygens (including phenoxy) is 1. The van der Waals surface area contributed by atoms with E-state index in [2.05, 4.69) is 0 Å². The van der Waals surface area contributed by atoms with Crippen molar-refractivity contribution in [1.29, 1.82) is 0 Å². The minimum absolute atomic E-state index is 0.185. The predicted octanol–water partition coefficient (Wildman–Crippen LogP) is 0.577. The van der Waals surface area contributed by atoms with Crippen LogP contribution in [-0.2, 0) is 15.9 Å². The van der Waals surface area contributed by atoms with Crippen molar-refractivity contribution in [3.63, 3.8) is 0 Å². The second-order valence-electron chi connectivity index (χ2n) is 12.9. The molecule has 4 aromatic rings. The summed E-state index contributed by atoms with van der Waals surface area (Å²) < 4.78 is 5.78. The van der Waals surface area contributed by atoms with Gasteiger partial charge in [-0.1, -0.05) is 36.4 Å². The Morgan fingerprint density at radius 3 is 1.82 bits per heavy atom. The van der Waals surface area contributed by atoms with E-state index in [0.29, 0.717) is 11.1 Å².